The number of guanidine groups is 1. The average Bonchev–Trinajstić information content (AvgIpc) is 2.70. The molecule has 2 aliphatic heterocycles. The predicted octanol–water partition coefficient (Wildman–Crippen LogP) is 3.83. The lowest BCUT2D eigenvalue weighted by atomic mass is 9.99. The average molecular weight is 368 g/mol. The van der Waals surface area contributed by atoms with Crippen molar-refractivity contribution in [2.45, 2.75) is 83.8 Å². The zero-order valence-corrected chi connectivity index (χ0v) is 17.3. The Balaban J connectivity index is 1.66. The molecule has 5 heteroatoms. The summed E-state index contributed by atoms with van der Waals surface area (Å²) in [7, 11) is 1.90. The van der Waals surface area contributed by atoms with Gasteiger partial charge in [-0.05, 0) is 44.4 Å². The lowest BCUT2D eigenvalue weighted by Crippen LogP contribution is -2.48. The van der Waals surface area contributed by atoms with Crippen LogP contribution in [0.25, 0.3) is 0 Å². The van der Waals surface area contributed by atoms with Crippen LogP contribution in [0.1, 0.15) is 71.6 Å². The van der Waals surface area contributed by atoms with E-state index in [1.54, 1.807) is 0 Å². The SMILES string of the molecule is CCCCC(CC)CNC(=NC)N1CCC(OCC2CCCCO2)CC1. The summed E-state index contributed by atoms with van der Waals surface area (Å²) in [5.41, 5.74) is 0. The second-order valence-corrected chi connectivity index (χ2v) is 7.85. The van der Waals surface area contributed by atoms with Gasteiger partial charge in [-0.2, -0.15) is 0 Å². The van der Waals surface area contributed by atoms with Crippen molar-refractivity contribution >= 4 is 5.96 Å². The van der Waals surface area contributed by atoms with Crippen LogP contribution in [0.4, 0.5) is 0 Å². The van der Waals surface area contributed by atoms with E-state index in [9.17, 15) is 0 Å². The van der Waals surface area contributed by atoms with E-state index in [-0.39, 0.29) is 0 Å². The van der Waals surface area contributed by atoms with E-state index in [1.165, 1.54) is 38.5 Å². The van der Waals surface area contributed by atoms with E-state index in [4.69, 9.17) is 9.47 Å². The highest BCUT2D eigenvalue weighted by atomic mass is 16.5. The van der Waals surface area contributed by atoms with E-state index in [1.807, 2.05) is 7.05 Å². The normalized spacial score (nSPS) is 23.9. The van der Waals surface area contributed by atoms with Gasteiger partial charge in [-0.3, -0.25) is 4.99 Å². The summed E-state index contributed by atoms with van der Waals surface area (Å²) in [5.74, 6) is 1.82. The molecule has 2 fully saturated rings. The molecule has 5 nitrogen and oxygen atoms in total. The monoisotopic (exact) mass is 367 g/mol. The molecule has 2 rings (SSSR count). The molecule has 0 aliphatic carbocycles. The quantitative estimate of drug-likeness (QED) is 0.497. The van der Waals surface area contributed by atoms with Gasteiger partial charge in [0.2, 0.25) is 0 Å². The van der Waals surface area contributed by atoms with Gasteiger partial charge in [-0.1, -0.05) is 33.1 Å². The van der Waals surface area contributed by atoms with Gasteiger partial charge in [-0.15, -0.1) is 0 Å². The second kappa shape index (κ2) is 12.6. The summed E-state index contributed by atoms with van der Waals surface area (Å²) in [6, 6.07) is 0. The minimum Gasteiger partial charge on any atom is -0.376 e. The highest BCUT2D eigenvalue weighted by Crippen LogP contribution is 2.18. The van der Waals surface area contributed by atoms with Crippen LogP contribution in [0.5, 0.6) is 0 Å². The van der Waals surface area contributed by atoms with E-state index in [0.29, 0.717) is 12.2 Å². The maximum Gasteiger partial charge on any atom is 0.193 e. The summed E-state index contributed by atoms with van der Waals surface area (Å²) in [6.45, 7) is 9.34. The third-order valence-electron chi connectivity index (χ3n) is 5.84. The summed E-state index contributed by atoms with van der Waals surface area (Å²) < 4.78 is 11.9. The molecule has 26 heavy (non-hydrogen) atoms. The molecule has 0 bridgehead atoms. The van der Waals surface area contributed by atoms with Crippen molar-refractivity contribution in [1.29, 1.82) is 0 Å². The molecule has 0 aromatic heterocycles. The fourth-order valence-corrected chi connectivity index (χ4v) is 3.93. The topological polar surface area (TPSA) is 46.1 Å². The van der Waals surface area contributed by atoms with Crippen molar-refractivity contribution in [3.8, 4) is 0 Å². The Morgan fingerprint density at radius 1 is 1.23 bits per heavy atom. The number of likely N-dealkylation sites (tertiary alicyclic amines) is 1. The fraction of sp³-hybridized carbons (Fsp3) is 0.952. The van der Waals surface area contributed by atoms with E-state index >= 15 is 0 Å². The zero-order chi connectivity index (χ0) is 18.6. The highest BCUT2D eigenvalue weighted by Gasteiger charge is 2.24. The molecule has 2 unspecified atom stereocenters. The van der Waals surface area contributed by atoms with Gasteiger partial charge >= 0.3 is 0 Å². The molecule has 0 spiro atoms. The molecule has 0 aromatic carbocycles. The molecular formula is C21H41N3O2. The summed E-state index contributed by atoms with van der Waals surface area (Å²) in [5, 5.41) is 3.61. The Bertz CT molecular complexity index is 389. The van der Waals surface area contributed by atoms with E-state index in [2.05, 4.69) is 29.1 Å². The first-order chi connectivity index (χ1) is 12.8. The van der Waals surface area contributed by atoms with Gasteiger partial charge in [0, 0.05) is 33.3 Å². The van der Waals surface area contributed by atoms with E-state index in [0.717, 1.165) is 64.0 Å². The van der Waals surface area contributed by atoms with Crippen LogP contribution >= 0.6 is 0 Å². The number of aliphatic imine (C=N–C) groups is 1. The minimum atomic E-state index is 0.324. The van der Waals surface area contributed by atoms with Gasteiger partial charge in [0.1, 0.15) is 0 Å². The third-order valence-corrected chi connectivity index (χ3v) is 5.84. The van der Waals surface area contributed by atoms with Crippen LogP contribution in [0.2, 0.25) is 0 Å². The van der Waals surface area contributed by atoms with Crippen LogP contribution in [-0.4, -0.2) is 63.0 Å². The Hall–Kier alpha value is -0.810. The molecule has 2 saturated heterocycles. The lowest BCUT2D eigenvalue weighted by molar-refractivity contribution is -0.0721. The molecule has 152 valence electrons. The predicted molar refractivity (Wildman–Crippen MR) is 109 cm³/mol. The van der Waals surface area contributed by atoms with Crippen LogP contribution in [0.3, 0.4) is 0 Å². The lowest BCUT2D eigenvalue weighted by Gasteiger charge is -2.35. The standard InChI is InChI=1S/C21H41N3O2/c1-4-6-9-18(5-2)16-23-21(22-3)24-13-11-19(12-14-24)26-17-20-10-7-8-15-25-20/h18-20H,4-17H2,1-3H3,(H,22,23). The van der Waals surface area contributed by atoms with Gasteiger partial charge in [0.25, 0.3) is 0 Å². The molecule has 0 aromatic rings. The van der Waals surface area contributed by atoms with Gasteiger partial charge < -0.3 is 19.7 Å². The number of nitrogens with zero attached hydrogens (tertiary/aromatic N) is 2. The first-order valence-electron chi connectivity index (χ1n) is 11.0. The Morgan fingerprint density at radius 3 is 2.65 bits per heavy atom. The van der Waals surface area contributed by atoms with Gasteiger partial charge in [0.05, 0.1) is 18.8 Å². The smallest absolute Gasteiger partial charge is 0.193 e. The molecule has 1 N–H and O–H groups in total. The van der Waals surface area contributed by atoms with Crippen molar-refractivity contribution in [2.75, 3.05) is 39.9 Å². The fourth-order valence-electron chi connectivity index (χ4n) is 3.93. The first-order valence-corrected chi connectivity index (χ1v) is 11.0. The third kappa shape index (κ3) is 7.43. The first kappa shape index (κ1) is 21.5. The number of ether oxygens (including phenoxy) is 2. The zero-order valence-electron chi connectivity index (χ0n) is 17.3. The van der Waals surface area contributed by atoms with Crippen LogP contribution < -0.4 is 5.32 Å². The van der Waals surface area contributed by atoms with Crippen molar-refractivity contribution in [1.82, 2.24) is 10.2 Å². The molecule has 0 saturated carbocycles. The number of hydrogen-bond acceptors (Lipinski definition) is 3. The Labute approximate surface area is 160 Å². The molecular weight excluding hydrogens is 326 g/mol. The maximum absolute atomic E-state index is 6.13. The molecule has 2 aliphatic rings. The van der Waals surface area contributed by atoms with Crippen LogP contribution in [-0.2, 0) is 9.47 Å². The number of rotatable bonds is 9. The van der Waals surface area contributed by atoms with Crippen molar-refractivity contribution in [3.05, 3.63) is 0 Å². The van der Waals surface area contributed by atoms with Crippen LogP contribution in [0, 0.1) is 5.92 Å². The summed E-state index contributed by atoms with van der Waals surface area (Å²) in [4.78, 5) is 6.91. The number of hydrogen-bond donors (Lipinski definition) is 1. The van der Waals surface area contributed by atoms with E-state index < -0.39 is 0 Å². The minimum absolute atomic E-state index is 0.324. The van der Waals surface area contributed by atoms with Crippen LogP contribution in [0.15, 0.2) is 4.99 Å². The molecule has 2 atom stereocenters. The maximum atomic E-state index is 6.13. The second-order valence-electron chi connectivity index (χ2n) is 7.85. The number of unbranched alkanes of at least 4 members (excludes halogenated alkanes) is 1. The molecule has 0 amide bonds. The van der Waals surface area contributed by atoms with Crippen molar-refractivity contribution in [3.63, 3.8) is 0 Å². The summed E-state index contributed by atoms with van der Waals surface area (Å²) >= 11 is 0. The van der Waals surface area contributed by atoms with Crippen molar-refractivity contribution in [2.24, 2.45) is 10.9 Å². The molecule has 0 radical (unpaired) electrons. The van der Waals surface area contributed by atoms with Gasteiger partial charge in [0.15, 0.2) is 5.96 Å². The highest BCUT2D eigenvalue weighted by molar-refractivity contribution is 5.79. The van der Waals surface area contributed by atoms with Gasteiger partial charge in [-0.25, -0.2) is 0 Å². The molecule has 2 heterocycles. The number of nitrogens with one attached hydrogen (secondary N) is 1. The van der Waals surface area contributed by atoms with Crippen molar-refractivity contribution < 1.29 is 9.47 Å². The Kier molecular flexibility index (Phi) is 10.4. The Morgan fingerprint density at radius 2 is 2.04 bits per heavy atom. The summed E-state index contributed by atoms with van der Waals surface area (Å²) in [6.07, 6.45) is 11.7. The number of piperidine rings is 1. The largest absolute Gasteiger partial charge is 0.376 e.